The molecule has 0 amide bonds. The Labute approximate surface area is 96.3 Å². The molecule has 3 heteroatoms. The Morgan fingerprint density at radius 2 is 2.12 bits per heavy atom. The highest BCUT2D eigenvalue weighted by Crippen LogP contribution is 2.15. The largest absolute Gasteiger partial charge is 0.475 e. The molecule has 1 heterocycles. The van der Waals surface area contributed by atoms with Crippen LogP contribution in [0.2, 0.25) is 0 Å². The highest BCUT2D eigenvalue weighted by Gasteiger charge is 2.19. The van der Waals surface area contributed by atoms with Crippen LogP contribution in [0.15, 0.2) is 29.3 Å². The molecule has 0 aromatic heterocycles. The topological polar surface area (TPSA) is 47.6 Å². The van der Waals surface area contributed by atoms with Crippen LogP contribution in [0.4, 0.5) is 0 Å². The predicted octanol–water partition coefficient (Wildman–Crippen LogP) is 1.88. The van der Waals surface area contributed by atoms with Gasteiger partial charge in [0.25, 0.3) is 0 Å². The molecular weight excluding hydrogens is 200 g/mol. The second-order valence-electron chi connectivity index (χ2n) is 4.20. The lowest BCUT2D eigenvalue weighted by atomic mass is 10.1. The molecule has 1 aromatic rings. The van der Waals surface area contributed by atoms with Crippen molar-refractivity contribution >= 4 is 5.90 Å². The first-order valence-electron chi connectivity index (χ1n) is 5.77. The first-order chi connectivity index (χ1) is 7.79. The second-order valence-corrected chi connectivity index (χ2v) is 4.20. The fourth-order valence-corrected chi connectivity index (χ4v) is 1.77. The van der Waals surface area contributed by atoms with Gasteiger partial charge in [-0.05, 0) is 38.4 Å². The third kappa shape index (κ3) is 2.61. The molecule has 0 saturated heterocycles. The minimum atomic E-state index is 0.292. The number of nitrogens with two attached hydrogens (primary N) is 1. The van der Waals surface area contributed by atoms with Crippen LogP contribution in [0.5, 0.6) is 0 Å². The van der Waals surface area contributed by atoms with E-state index in [1.807, 2.05) is 0 Å². The van der Waals surface area contributed by atoms with Crippen LogP contribution in [0.25, 0.3) is 0 Å². The first-order valence-corrected chi connectivity index (χ1v) is 5.77. The van der Waals surface area contributed by atoms with E-state index in [0.717, 1.165) is 30.8 Å². The maximum atomic E-state index is 5.60. The number of aryl methyl sites for hydroxylation is 1. The maximum absolute atomic E-state index is 5.60. The molecular formula is C13H18N2O. The molecule has 1 aromatic carbocycles. The van der Waals surface area contributed by atoms with E-state index in [-0.39, 0.29) is 0 Å². The van der Waals surface area contributed by atoms with Crippen molar-refractivity contribution < 1.29 is 4.74 Å². The third-order valence-electron chi connectivity index (χ3n) is 2.75. The molecule has 0 saturated carbocycles. The average Bonchev–Trinajstić information content (AvgIpc) is 2.76. The summed E-state index contributed by atoms with van der Waals surface area (Å²) in [6, 6.07) is 8.56. The van der Waals surface area contributed by atoms with E-state index in [1.165, 1.54) is 5.56 Å². The van der Waals surface area contributed by atoms with E-state index < -0.39 is 0 Å². The summed E-state index contributed by atoms with van der Waals surface area (Å²) >= 11 is 0. The van der Waals surface area contributed by atoms with Gasteiger partial charge < -0.3 is 10.5 Å². The SMILES string of the molecule is Cc1ccc(C2=NC(CCCN)CO2)cc1. The molecule has 2 rings (SSSR count). The van der Waals surface area contributed by atoms with Gasteiger partial charge in [0, 0.05) is 5.56 Å². The van der Waals surface area contributed by atoms with Crippen LogP contribution < -0.4 is 5.73 Å². The smallest absolute Gasteiger partial charge is 0.216 e. The molecule has 1 unspecified atom stereocenters. The highest BCUT2D eigenvalue weighted by atomic mass is 16.5. The summed E-state index contributed by atoms with van der Waals surface area (Å²) in [6.45, 7) is 3.50. The Hall–Kier alpha value is -1.35. The number of ether oxygens (including phenoxy) is 1. The van der Waals surface area contributed by atoms with Gasteiger partial charge in [-0.25, -0.2) is 4.99 Å². The second kappa shape index (κ2) is 5.12. The van der Waals surface area contributed by atoms with Crippen molar-refractivity contribution in [1.82, 2.24) is 0 Å². The van der Waals surface area contributed by atoms with Gasteiger partial charge in [-0.2, -0.15) is 0 Å². The van der Waals surface area contributed by atoms with Crippen molar-refractivity contribution in [3.05, 3.63) is 35.4 Å². The van der Waals surface area contributed by atoms with Crippen molar-refractivity contribution in [1.29, 1.82) is 0 Å². The summed E-state index contributed by atoms with van der Waals surface area (Å²) in [4.78, 5) is 4.56. The van der Waals surface area contributed by atoms with Gasteiger partial charge in [-0.15, -0.1) is 0 Å². The maximum Gasteiger partial charge on any atom is 0.216 e. The highest BCUT2D eigenvalue weighted by molar-refractivity contribution is 5.95. The molecule has 0 aliphatic carbocycles. The van der Waals surface area contributed by atoms with Gasteiger partial charge >= 0.3 is 0 Å². The first kappa shape index (κ1) is 11.1. The summed E-state index contributed by atoms with van der Waals surface area (Å²) in [7, 11) is 0. The number of rotatable bonds is 4. The molecule has 0 fully saturated rings. The summed E-state index contributed by atoms with van der Waals surface area (Å²) in [5.74, 6) is 0.780. The molecule has 1 aliphatic rings. The van der Waals surface area contributed by atoms with Crippen molar-refractivity contribution in [3.63, 3.8) is 0 Å². The van der Waals surface area contributed by atoms with E-state index in [4.69, 9.17) is 10.5 Å². The van der Waals surface area contributed by atoms with Crippen LogP contribution in [0, 0.1) is 6.92 Å². The molecule has 1 atom stereocenters. The fraction of sp³-hybridized carbons (Fsp3) is 0.462. The van der Waals surface area contributed by atoms with Crippen molar-refractivity contribution in [3.8, 4) is 0 Å². The van der Waals surface area contributed by atoms with E-state index in [9.17, 15) is 0 Å². The van der Waals surface area contributed by atoms with Crippen molar-refractivity contribution in [2.75, 3.05) is 13.2 Å². The number of hydrogen-bond acceptors (Lipinski definition) is 3. The molecule has 0 radical (unpaired) electrons. The number of nitrogens with zero attached hydrogens (tertiary/aromatic N) is 1. The zero-order chi connectivity index (χ0) is 11.4. The lowest BCUT2D eigenvalue weighted by molar-refractivity contribution is 0.311. The lowest BCUT2D eigenvalue weighted by Crippen LogP contribution is -2.09. The number of benzene rings is 1. The average molecular weight is 218 g/mol. The summed E-state index contributed by atoms with van der Waals surface area (Å²) in [5, 5.41) is 0. The van der Waals surface area contributed by atoms with Gasteiger partial charge in [0.05, 0.1) is 6.04 Å². The monoisotopic (exact) mass is 218 g/mol. The zero-order valence-corrected chi connectivity index (χ0v) is 9.65. The van der Waals surface area contributed by atoms with Gasteiger partial charge in [-0.1, -0.05) is 17.7 Å². The normalized spacial score (nSPS) is 19.4. The van der Waals surface area contributed by atoms with E-state index in [1.54, 1.807) is 0 Å². The minimum Gasteiger partial charge on any atom is -0.475 e. The van der Waals surface area contributed by atoms with E-state index in [2.05, 4.69) is 36.2 Å². The fourth-order valence-electron chi connectivity index (χ4n) is 1.77. The van der Waals surface area contributed by atoms with E-state index in [0.29, 0.717) is 12.6 Å². The Morgan fingerprint density at radius 1 is 1.38 bits per heavy atom. The molecule has 86 valence electrons. The Balaban J connectivity index is 2.03. The summed E-state index contributed by atoms with van der Waals surface area (Å²) in [5.41, 5.74) is 7.80. The lowest BCUT2D eigenvalue weighted by Gasteiger charge is -2.01. The predicted molar refractivity (Wildman–Crippen MR) is 65.7 cm³/mol. The molecule has 3 nitrogen and oxygen atoms in total. The molecule has 2 N–H and O–H groups in total. The Morgan fingerprint density at radius 3 is 2.81 bits per heavy atom. The number of aliphatic imine (C=N–C) groups is 1. The van der Waals surface area contributed by atoms with Crippen molar-refractivity contribution in [2.24, 2.45) is 10.7 Å². The zero-order valence-electron chi connectivity index (χ0n) is 9.65. The van der Waals surface area contributed by atoms with Crippen LogP contribution in [-0.2, 0) is 4.74 Å². The minimum absolute atomic E-state index is 0.292. The van der Waals surface area contributed by atoms with Crippen LogP contribution >= 0.6 is 0 Å². The quantitative estimate of drug-likeness (QED) is 0.838. The van der Waals surface area contributed by atoms with Crippen molar-refractivity contribution in [2.45, 2.75) is 25.8 Å². The van der Waals surface area contributed by atoms with Gasteiger partial charge in [0.15, 0.2) is 0 Å². The Kier molecular flexibility index (Phi) is 3.57. The molecule has 1 aliphatic heterocycles. The van der Waals surface area contributed by atoms with Crippen LogP contribution in [-0.4, -0.2) is 25.1 Å². The standard InChI is InChI=1S/C13H18N2O/c1-10-4-6-11(7-5-10)13-15-12(9-16-13)3-2-8-14/h4-7,12H,2-3,8-9,14H2,1H3. The summed E-state index contributed by atoms with van der Waals surface area (Å²) in [6.07, 6.45) is 2.03. The van der Waals surface area contributed by atoms with Gasteiger partial charge in [0.2, 0.25) is 5.90 Å². The molecule has 0 bridgehead atoms. The van der Waals surface area contributed by atoms with Crippen LogP contribution in [0.3, 0.4) is 0 Å². The number of hydrogen-bond donors (Lipinski definition) is 1. The van der Waals surface area contributed by atoms with E-state index >= 15 is 0 Å². The third-order valence-corrected chi connectivity index (χ3v) is 2.75. The molecule has 16 heavy (non-hydrogen) atoms. The summed E-state index contributed by atoms with van der Waals surface area (Å²) < 4.78 is 5.60. The molecule has 0 spiro atoms. The van der Waals surface area contributed by atoms with Gasteiger partial charge in [0.1, 0.15) is 6.61 Å². The van der Waals surface area contributed by atoms with Gasteiger partial charge in [-0.3, -0.25) is 0 Å². The van der Waals surface area contributed by atoms with Crippen LogP contribution in [0.1, 0.15) is 24.0 Å². The Bertz CT molecular complexity index is 370.